The van der Waals surface area contributed by atoms with E-state index >= 15 is 0 Å². The number of para-hydroxylation sites is 1. The van der Waals surface area contributed by atoms with E-state index in [1.54, 1.807) is 16.8 Å². The number of hydrogen-bond donors (Lipinski definition) is 1. The van der Waals surface area contributed by atoms with E-state index in [-0.39, 0.29) is 5.69 Å². The number of aromatic nitrogens is 3. The third-order valence-electron chi connectivity index (χ3n) is 3.66. The van der Waals surface area contributed by atoms with Crippen molar-refractivity contribution in [2.75, 3.05) is 5.32 Å². The molecule has 25 heavy (non-hydrogen) atoms. The lowest BCUT2D eigenvalue weighted by Crippen LogP contribution is -2.13. The number of amides is 1. The van der Waals surface area contributed by atoms with Gasteiger partial charge in [0.1, 0.15) is 0 Å². The zero-order valence-corrected chi connectivity index (χ0v) is 13.3. The Hall–Kier alpha value is -3.61. The molecule has 0 bridgehead atoms. The second kappa shape index (κ2) is 6.12. The van der Waals surface area contributed by atoms with Gasteiger partial charge in [-0.05, 0) is 31.2 Å². The van der Waals surface area contributed by atoms with Crippen LogP contribution >= 0.6 is 0 Å². The van der Waals surface area contributed by atoms with Crippen LogP contribution in [0.15, 0.2) is 69.9 Å². The first-order chi connectivity index (χ1) is 12.2. The fourth-order valence-corrected chi connectivity index (χ4v) is 2.39. The van der Waals surface area contributed by atoms with Crippen LogP contribution in [0, 0.1) is 6.92 Å². The quantitative estimate of drug-likeness (QED) is 0.615. The summed E-state index contributed by atoms with van der Waals surface area (Å²) < 4.78 is 12.1. The minimum atomic E-state index is -0.400. The molecular formula is C18H14N4O3. The van der Waals surface area contributed by atoms with Gasteiger partial charge in [0.25, 0.3) is 5.91 Å². The van der Waals surface area contributed by atoms with Crippen molar-refractivity contribution in [1.29, 1.82) is 0 Å². The molecule has 4 aromatic rings. The van der Waals surface area contributed by atoms with E-state index in [0.717, 1.165) is 11.3 Å². The molecule has 0 aliphatic carbocycles. The van der Waals surface area contributed by atoms with E-state index in [1.165, 1.54) is 12.3 Å². The van der Waals surface area contributed by atoms with Gasteiger partial charge in [-0.25, -0.2) is 4.68 Å². The molecule has 1 aromatic carbocycles. The molecule has 7 nitrogen and oxygen atoms in total. The first kappa shape index (κ1) is 14.9. The molecule has 0 atom stereocenters. The van der Waals surface area contributed by atoms with Crippen molar-refractivity contribution in [1.82, 2.24) is 14.9 Å². The molecule has 3 heterocycles. The lowest BCUT2D eigenvalue weighted by Gasteiger charge is -2.00. The Bertz CT molecular complexity index is 1000. The number of carbonyl (C=O) groups excluding carboxylic acids is 1. The predicted molar refractivity (Wildman–Crippen MR) is 90.5 cm³/mol. The smallest absolute Gasteiger partial charge is 0.279 e. The maximum atomic E-state index is 12.4. The van der Waals surface area contributed by atoms with Crippen LogP contribution in [0.1, 0.15) is 16.1 Å². The molecule has 7 heteroatoms. The predicted octanol–water partition coefficient (Wildman–Crippen LogP) is 3.68. The molecule has 3 aromatic heterocycles. The molecule has 0 spiro atoms. The SMILES string of the molecule is Cc1cn(-c2ccccc2)nc1NC(=O)c1cc(-c2ccco2)on1. The van der Waals surface area contributed by atoms with Gasteiger partial charge in [0.05, 0.1) is 12.0 Å². The van der Waals surface area contributed by atoms with Gasteiger partial charge in [-0.1, -0.05) is 23.4 Å². The van der Waals surface area contributed by atoms with Gasteiger partial charge in [0.15, 0.2) is 17.3 Å². The van der Waals surface area contributed by atoms with Gasteiger partial charge in [-0.15, -0.1) is 5.10 Å². The highest BCUT2D eigenvalue weighted by atomic mass is 16.5. The molecule has 0 saturated heterocycles. The number of benzene rings is 1. The first-order valence-corrected chi connectivity index (χ1v) is 7.64. The zero-order chi connectivity index (χ0) is 17.2. The lowest BCUT2D eigenvalue weighted by molar-refractivity contribution is 0.101. The summed E-state index contributed by atoms with van der Waals surface area (Å²) >= 11 is 0. The molecule has 0 saturated carbocycles. The van der Waals surface area contributed by atoms with Gasteiger partial charge >= 0.3 is 0 Å². The minimum Gasteiger partial charge on any atom is -0.461 e. The maximum Gasteiger partial charge on any atom is 0.279 e. The van der Waals surface area contributed by atoms with Crippen molar-refractivity contribution in [3.8, 4) is 17.2 Å². The topological polar surface area (TPSA) is 86.1 Å². The molecule has 0 aliphatic heterocycles. The molecule has 4 rings (SSSR count). The maximum absolute atomic E-state index is 12.4. The summed E-state index contributed by atoms with van der Waals surface area (Å²) in [5.41, 5.74) is 1.90. The summed E-state index contributed by atoms with van der Waals surface area (Å²) in [6.45, 7) is 1.87. The van der Waals surface area contributed by atoms with Gasteiger partial charge in [-0.3, -0.25) is 4.79 Å². The van der Waals surface area contributed by atoms with E-state index in [2.05, 4.69) is 15.6 Å². The van der Waals surface area contributed by atoms with Crippen LogP contribution in [-0.2, 0) is 0 Å². The summed E-state index contributed by atoms with van der Waals surface area (Å²) in [5.74, 6) is 0.970. The Balaban J connectivity index is 1.54. The third kappa shape index (κ3) is 2.94. The number of furan rings is 1. The highest BCUT2D eigenvalue weighted by molar-refractivity contribution is 6.03. The second-order valence-electron chi connectivity index (χ2n) is 5.45. The van der Waals surface area contributed by atoms with Crippen molar-refractivity contribution >= 4 is 11.7 Å². The summed E-state index contributed by atoms with van der Waals surface area (Å²) in [5, 5.41) is 10.9. The van der Waals surface area contributed by atoms with E-state index in [1.807, 2.05) is 43.5 Å². The van der Waals surface area contributed by atoms with E-state index in [9.17, 15) is 4.79 Å². The first-order valence-electron chi connectivity index (χ1n) is 7.64. The van der Waals surface area contributed by atoms with Crippen molar-refractivity contribution in [3.63, 3.8) is 0 Å². The van der Waals surface area contributed by atoms with Crippen LogP contribution in [0.4, 0.5) is 5.82 Å². The monoisotopic (exact) mass is 334 g/mol. The Kier molecular flexibility index (Phi) is 3.66. The van der Waals surface area contributed by atoms with Crippen molar-refractivity contribution < 1.29 is 13.7 Å². The van der Waals surface area contributed by atoms with Crippen molar-refractivity contribution in [2.24, 2.45) is 0 Å². The molecule has 0 aliphatic rings. The highest BCUT2D eigenvalue weighted by Gasteiger charge is 2.17. The summed E-state index contributed by atoms with van der Waals surface area (Å²) in [6, 6.07) is 14.6. The van der Waals surface area contributed by atoms with Crippen LogP contribution in [0.25, 0.3) is 17.2 Å². The van der Waals surface area contributed by atoms with E-state index in [4.69, 9.17) is 8.94 Å². The number of anilines is 1. The average Bonchev–Trinajstić information content (AvgIpc) is 3.36. The molecule has 1 N–H and O–H groups in total. The highest BCUT2D eigenvalue weighted by Crippen LogP contribution is 2.21. The molecule has 0 unspecified atom stereocenters. The molecule has 1 amide bonds. The van der Waals surface area contributed by atoms with E-state index in [0.29, 0.717) is 17.3 Å². The largest absolute Gasteiger partial charge is 0.461 e. The van der Waals surface area contributed by atoms with Crippen molar-refractivity contribution in [2.45, 2.75) is 6.92 Å². The van der Waals surface area contributed by atoms with E-state index < -0.39 is 5.91 Å². The minimum absolute atomic E-state index is 0.153. The molecule has 0 fully saturated rings. The standard InChI is InChI=1S/C18H14N4O3/c1-12-11-22(13-6-3-2-4-7-13)20-17(12)19-18(23)14-10-16(25-21-14)15-8-5-9-24-15/h2-11H,1H3,(H,19,20,23). The second-order valence-corrected chi connectivity index (χ2v) is 5.45. The van der Waals surface area contributed by atoms with Crippen LogP contribution in [0.5, 0.6) is 0 Å². The van der Waals surface area contributed by atoms with Gasteiger partial charge in [0, 0.05) is 17.8 Å². The number of nitrogens with zero attached hydrogens (tertiary/aromatic N) is 3. The van der Waals surface area contributed by atoms with Crippen molar-refractivity contribution in [3.05, 3.63) is 72.2 Å². The molecular weight excluding hydrogens is 320 g/mol. The summed E-state index contributed by atoms with van der Waals surface area (Å²) in [6.07, 6.45) is 3.37. The number of carbonyl (C=O) groups is 1. The van der Waals surface area contributed by atoms with Crippen LogP contribution < -0.4 is 5.32 Å². The van der Waals surface area contributed by atoms with Crippen LogP contribution in [-0.4, -0.2) is 20.8 Å². The Morgan fingerprint density at radius 1 is 1.12 bits per heavy atom. The van der Waals surface area contributed by atoms with Crippen LogP contribution in [0.3, 0.4) is 0 Å². The number of rotatable bonds is 4. The zero-order valence-electron chi connectivity index (χ0n) is 13.3. The number of aryl methyl sites for hydroxylation is 1. The molecule has 124 valence electrons. The summed E-state index contributed by atoms with van der Waals surface area (Å²) in [7, 11) is 0. The average molecular weight is 334 g/mol. The Labute approximate surface area is 142 Å². The van der Waals surface area contributed by atoms with Crippen LogP contribution in [0.2, 0.25) is 0 Å². The normalized spacial score (nSPS) is 10.8. The number of hydrogen-bond acceptors (Lipinski definition) is 5. The van der Waals surface area contributed by atoms with Gasteiger partial charge in [-0.2, -0.15) is 0 Å². The Morgan fingerprint density at radius 3 is 2.72 bits per heavy atom. The molecule has 0 radical (unpaired) electrons. The third-order valence-corrected chi connectivity index (χ3v) is 3.66. The fourth-order valence-electron chi connectivity index (χ4n) is 2.39. The lowest BCUT2D eigenvalue weighted by atomic mass is 10.3. The van der Waals surface area contributed by atoms with Gasteiger partial charge < -0.3 is 14.3 Å². The number of nitrogens with one attached hydrogen (secondary N) is 1. The summed E-state index contributed by atoms with van der Waals surface area (Å²) in [4.78, 5) is 12.4. The fraction of sp³-hybridized carbons (Fsp3) is 0.0556. The Morgan fingerprint density at radius 2 is 1.96 bits per heavy atom. The van der Waals surface area contributed by atoms with Gasteiger partial charge in [0.2, 0.25) is 5.76 Å².